The van der Waals surface area contributed by atoms with Crippen LogP contribution in [0.4, 0.5) is 5.82 Å². The van der Waals surface area contributed by atoms with Crippen molar-refractivity contribution in [3.8, 4) is 35.2 Å². The van der Waals surface area contributed by atoms with Gasteiger partial charge in [0.15, 0.2) is 11.5 Å². The van der Waals surface area contributed by atoms with Crippen LogP contribution in [0.1, 0.15) is 24.3 Å². The molecule has 2 unspecified atom stereocenters. The van der Waals surface area contributed by atoms with Gasteiger partial charge >= 0.3 is 0 Å². The second kappa shape index (κ2) is 6.89. The average Bonchev–Trinajstić information content (AvgIpc) is 3.18. The molecule has 0 saturated carbocycles. The minimum atomic E-state index is 0.0239. The van der Waals surface area contributed by atoms with Crippen LogP contribution in [-0.2, 0) is 0 Å². The van der Waals surface area contributed by atoms with Gasteiger partial charge in [0.1, 0.15) is 0 Å². The van der Waals surface area contributed by atoms with E-state index in [-0.39, 0.29) is 23.5 Å². The lowest BCUT2D eigenvalue weighted by atomic mass is 9.90. The van der Waals surface area contributed by atoms with Gasteiger partial charge in [-0.05, 0) is 12.0 Å². The van der Waals surface area contributed by atoms with E-state index >= 15 is 0 Å². The first-order valence-electron chi connectivity index (χ1n) is 8.54. The van der Waals surface area contributed by atoms with Crippen LogP contribution in [0, 0.1) is 18.3 Å². The fourth-order valence-corrected chi connectivity index (χ4v) is 3.01. The number of rotatable bonds is 3. The molecule has 0 fully saturated rings. The van der Waals surface area contributed by atoms with E-state index in [0.29, 0.717) is 17.3 Å². The van der Waals surface area contributed by atoms with Crippen molar-refractivity contribution in [3.05, 3.63) is 66.2 Å². The topological polar surface area (TPSA) is 90.7 Å². The number of hydrogen-bond acceptors (Lipinski definition) is 6. The molecule has 2 atom stereocenters. The summed E-state index contributed by atoms with van der Waals surface area (Å²) in [5.41, 5.74) is 8.48. The zero-order valence-corrected chi connectivity index (χ0v) is 14.7. The SMILES string of the molecule is C#Cc1ccccc1-c1cnc(N)c(-c2nnc(C3C=CC=CC3C)o2)n1. The number of nitrogens with zero attached hydrogens (tertiary/aromatic N) is 4. The van der Waals surface area contributed by atoms with E-state index in [0.717, 1.165) is 11.1 Å². The first-order chi connectivity index (χ1) is 13.2. The number of anilines is 1. The molecule has 6 heteroatoms. The van der Waals surface area contributed by atoms with Gasteiger partial charge in [-0.2, -0.15) is 0 Å². The molecule has 2 N–H and O–H groups in total. The molecule has 1 aliphatic rings. The molecule has 27 heavy (non-hydrogen) atoms. The molecule has 6 nitrogen and oxygen atoms in total. The lowest BCUT2D eigenvalue weighted by Gasteiger charge is -2.15. The summed E-state index contributed by atoms with van der Waals surface area (Å²) in [6, 6.07) is 7.51. The monoisotopic (exact) mass is 355 g/mol. The van der Waals surface area contributed by atoms with E-state index in [2.05, 4.69) is 39.1 Å². The van der Waals surface area contributed by atoms with Gasteiger partial charge < -0.3 is 10.2 Å². The van der Waals surface area contributed by atoms with Crippen LogP contribution in [-0.4, -0.2) is 20.2 Å². The van der Waals surface area contributed by atoms with Crippen molar-refractivity contribution in [2.75, 3.05) is 5.73 Å². The summed E-state index contributed by atoms with van der Waals surface area (Å²) < 4.78 is 5.88. The standard InChI is InChI=1S/C21H17N5O/c1-3-14-9-5-7-11-16(14)17-12-23-19(22)18(24-17)21-26-25-20(27-21)15-10-6-4-8-13(15)2/h1,4-13,15H,2H3,(H2,22,23). The number of allylic oxidation sites excluding steroid dienone is 4. The van der Waals surface area contributed by atoms with Crippen molar-refractivity contribution >= 4 is 5.82 Å². The second-order valence-electron chi connectivity index (χ2n) is 6.28. The Morgan fingerprint density at radius 2 is 1.96 bits per heavy atom. The zero-order valence-electron chi connectivity index (χ0n) is 14.7. The molecule has 3 aromatic rings. The maximum Gasteiger partial charge on any atom is 0.270 e. The van der Waals surface area contributed by atoms with Crippen LogP contribution in [0.5, 0.6) is 0 Å². The van der Waals surface area contributed by atoms with Gasteiger partial charge in [0.25, 0.3) is 5.89 Å². The summed E-state index contributed by atoms with van der Waals surface area (Å²) in [5, 5.41) is 8.32. The van der Waals surface area contributed by atoms with E-state index in [1.165, 1.54) is 0 Å². The Hall–Kier alpha value is -3.72. The normalized spacial score (nSPS) is 18.4. The summed E-state index contributed by atoms with van der Waals surface area (Å²) in [5.74, 6) is 3.93. The van der Waals surface area contributed by atoms with Crippen molar-refractivity contribution < 1.29 is 4.42 Å². The number of nitrogen functional groups attached to an aromatic ring is 1. The predicted molar refractivity (Wildman–Crippen MR) is 103 cm³/mol. The molecule has 1 aromatic carbocycles. The van der Waals surface area contributed by atoms with Crippen molar-refractivity contribution in [3.63, 3.8) is 0 Å². The second-order valence-corrected chi connectivity index (χ2v) is 6.28. The number of aromatic nitrogens is 4. The molecule has 0 amide bonds. The molecule has 0 aliphatic heterocycles. The van der Waals surface area contributed by atoms with Crippen molar-refractivity contribution in [2.24, 2.45) is 5.92 Å². The van der Waals surface area contributed by atoms with E-state index in [1.807, 2.05) is 42.5 Å². The summed E-state index contributed by atoms with van der Waals surface area (Å²) in [4.78, 5) is 8.83. The number of nitrogens with two attached hydrogens (primary N) is 1. The third-order valence-corrected chi connectivity index (χ3v) is 4.50. The molecule has 4 rings (SSSR count). The van der Waals surface area contributed by atoms with Crippen molar-refractivity contribution in [1.29, 1.82) is 0 Å². The van der Waals surface area contributed by atoms with E-state index in [4.69, 9.17) is 16.6 Å². The van der Waals surface area contributed by atoms with Crippen LogP contribution in [0.3, 0.4) is 0 Å². The highest BCUT2D eigenvalue weighted by molar-refractivity contribution is 5.71. The summed E-state index contributed by atoms with van der Waals surface area (Å²) in [7, 11) is 0. The highest BCUT2D eigenvalue weighted by atomic mass is 16.4. The van der Waals surface area contributed by atoms with Crippen LogP contribution in [0.2, 0.25) is 0 Å². The first-order valence-corrected chi connectivity index (χ1v) is 8.54. The van der Waals surface area contributed by atoms with Gasteiger partial charge in [-0.15, -0.1) is 16.6 Å². The molecular weight excluding hydrogens is 338 g/mol. The molecule has 0 spiro atoms. The van der Waals surface area contributed by atoms with Crippen molar-refractivity contribution in [1.82, 2.24) is 20.2 Å². The summed E-state index contributed by atoms with van der Waals surface area (Å²) in [6.07, 6.45) is 15.3. The average molecular weight is 355 g/mol. The first kappa shape index (κ1) is 16.7. The molecule has 0 bridgehead atoms. The van der Waals surface area contributed by atoms with Crippen LogP contribution < -0.4 is 5.73 Å². The highest BCUT2D eigenvalue weighted by Gasteiger charge is 2.24. The molecule has 132 valence electrons. The third kappa shape index (κ3) is 3.11. The minimum Gasteiger partial charge on any atom is -0.419 e. The van der Waals surface area contributed by atoms with Gasteiger partial charge in [-0.1, -0.05) is 55.3 Å². The van der Waals surface area contributed by atoms with Gasteiger partial charge in [0.2, 0.25) is 5.89 Å². The largest absolute Gasteiger partial charge is 0.419 e. The lowest BCUT2D eigenvalue weighted by molar-refractivity contribution is 0.446. The fourth-order valence-electron chi connectivity index (χ4n) is 3.01. The Labute approximate surface area is 156 Å². The Bertz CT molecular complexity index is 1090. The van der Waals surface area contributed by atoms with E-state index in [9.17, 15) is 0 Å². The van der Waals surface area contributed by atoms with Crippen LogP contribution >= 0.6 is 0 Å². The van der Waals surface area contributed by atoms with Crippen LogP contribution in [0.15, 0.2) is 59.2 Å². The zero-order chi connectivity index (χ0) is 18.8. The summed E-state index contributed by atoms with van der Waals surface area (Å²) in [6.45, 7) is 2.10. The maximum absolute atomic E-state index is 6.02. The molecule has 2 heterocycles. The Morgan fingerprint density at radius 3 is 2.78 bits per heavy atom. The molecule has 0 radical (unpaired) electrons. The smallest absolute Gasteiger partial charge is 0.270 e. The molecule has 2 aromatic heterocycles. The molecule has 1 aliphatic carbocycles. The fraction of sp³-hybridized carbons (Fsp3) is 0.143. The Balaban J connectivity index is 1.74. The number of benzene rings is 1. The number of terminal acetylenes is 1. The van der Waals surface area contributed by atoms with Crippen LogP contribution in [0.25, 0.3) is 22.8 Å². The van der Waals surface area contributed by atoms with E-state index in [1.54, 1.807) is 6.20 Å². The summed E-state index contributed by atoms with van der Waals surface area (Å²) >= 11 is 0. The Kier molecular flexibility index (Phi) is 4.27. The highest BCUT2D eigenvalue weighted by Crippen LogP contribution is 2.32. The maximum atomic E-state index is 6.02. The van der Waals surface area contributed by atoms with Crippen molar-refractivity contribution in [2.45, 2.75) is 12.8 Å². The molecule has 0 saturated heterocycles. The predicted octanol–water partition coefficient (Wildman–Crippen LogP) is 3.60. The lowest BCUT2D eigenvalue weighted by Crippen LogP contribution is -2.07. The van der Waals surface area contributed by atoms with E-state index < -0.39 is 0 Å². The van der Waals surface area contributed by atoms with Gasteiger partial charge in [-0.25, -0.2) is 9.97 Å². The Morgan fingerprint density at radius 1 is 1.15 bits per heavy atom. The quantitative estimate of drug-likeness (QED) is 0.722. The molecular formula is C21H17N5O. The van der Waals surface area contributed by atoms with Gasteiger partial charge in [0.05, 0.1) is 17.8 Å². The van der Waals surface area contributed by atoms with Gasteiger partial charge in [-0.3, -0.25) is 0 Å². The number of hydrogen-bond donors (Lipinski definition) is 1. The van der Waals surface area contributed by atoms with Gasteiger partial charge in [0, 0.05) is 11.1 Å². The minimum absolute atomic E-state index is 0.0239. The third-order valence-electron chi connectivity index (χ3n) is 4.50.